The molecule has 1 atom stereocenters. The van der Waals surface area contributed by atoms with Crippen molar-refractivity contribution in [3.8, 4) is 0 Å². The van der Waals surface area contributed by atoms with E-state index in [2.05, 4.69) is 46.1 Å². The van der Waals surface area contributed by atoms with Gasteiger partial charge in [-0.1, -0.05) is 43.3 Å². The molecule has 0 saturated heterocycles. The van der Waals surface area contributed by atoms with Crippen LogP contribution in [0, 0.1) is 5.82 Å². The van der Waals surface area contributed by atoms with E-state index < -0.39 is 31.9 Å². The molecule has 0 saturated carbocycles. The van der Waals surface area contributed by atoms with Crippen molar-refractivity contribution in [2.24, 2.45) is 4.40 Å². The summed E-state index contributed by atoms with van der Waals surface area (Å²) in [6.45, 7) is 6.90. The van der Waals surface area contributed by atoms with Gasteiger partial charge in [0.15, 0.2) is 5.71 Å². The fraction of sp³-hybridized carbons (Fsp3) is 0.600. The number of nitrogens with zero attached hydrogens (tertiary/aromatic N) is 2. The molecule has 1 aromatic heterocycles. The van der Waals surface area contributed by atoms with Crippen LogP contribution in [0.15, 0.2) is 15.1 Å². The Morgan fingerprint density at radius 2 is 1.87 bits per heavy atom. The summed E-state index contributed by atoms with van der Waals surface area (Å²) in [5.74, 6) is -0.251. The van der Waals surface area contributed by atoms with Crippen LogP contribution in [0.1, 0.15) is 33.4 Å². The van der Waals surface area contributed by atoms with E-state index >= 15 is 4.39 Å². The summed E-state index contributed by atoms with van der Waals surface area (Å²) in [6, 6.07) is 4.41. The third kappa shape index (κ3) is 4.61. The van der Waals surface area contributed by atoms with Crippen LogP contribution >= 0.6 is 15.9 Å². The molecule has 0 amide bonds. The highest BCUT2D eigenvalue weighted by Crippen LogP contribution is 2.24. The second kappa shape index (κ2) is 9.24. The summed E-state index contributed by atoms with van der Waals surface area (Å²) in [7, 11) is -2.01. The first-order valence-corrected chi connectivity index (χ1v) is 12.5. The fourth-order valence-electron chi connectivity index (χ4n) is 2.72. The molecule has 1 aromatic rings. The Hall–Kier alpha value is -0.313. The first-order valence-electron chi connectivity index (χ1n) is 7.77. The molecular formula is C15H23BrF2N2OSSi. The Morgan fingerprint density at radius 3 is 2.30 bits per heavy atom. The van der Waals surface area contributed by atoms with Gasteiger partial charge in [0.25, 0.3) is 0 Å². The average Bonchev–Trinajstić information content (AvgIpc) is 2.57. The van der Waals surface area contributed by atoms with Crippen molar-refractivity contribution in [1.82, 2.24) is 4.98 Å². The molecule has 0 spiro atoms. The number of hydrogen-bond donors (Lipinski definition) is 0. The van der Waals surface area contributed by atoms with Crippen molar-refractivity contribution in [3.05, 3.63) is 22.2 Å². The van der Waals surface area contributed by atoms with Gasteiger partial charge < -0.3 is 4.55 Å². The second-order valence-corrected chi connectivity index (χ2v) is 12.7. The van der Waals surface area contributed by atoms with Crippen molar-refractivity contribution in [2.75, 3.05) is 12.4 Å². The summed E-state index contributed by atoms with van der Waals surface area (Å²) >= 11 is 1.73. The van der Waals surface area contributed by atoms with E-state index in [0.717, 1.165) is 18.1 Å². The van der Waals surface area contributed by atoms with Gasteiger partial charge in [-0.2, -0.15) is 0 Å². The molecule has 0 N–H and O–H groups in total. The van der Waals surface area contributed by atoms with Crippen LogP contribution in [0.5, 0.6) is 0 Å². The zero-order valence-electron chi connectivity index (χ0n) is 14.0. The van der Waals surface area contributed by atoms with Crippen molar-refractivity contribution >= 4 is 46.3 Å². The number of rotatable bonds is 8. The lowest BCUT2D eigenvalue weighted by molar-refractivity contribution is 0.572. The minimum absolute atomic E-state index is 0.120. The standard InChI is InChI=1S/C15H23BrF2N2OSSi/c1-5-22(21)20-11(10-17)15-14(18)12(9-13(16)19-15)23(6-2,7-3)8-4/h9H,5-8,10H2,1-4H3. The molecule has 8 heteroatoms. The number of aromatic nitrogens is 1. The summed E-state index contributed by atoms with van der Waals surface area (Å²) in [6.07, 6.45) is 0. The first-order chi connectivity index (χ1) is 10.9. The largest absolute Gasteiger partial charge is 0.591 e. The molecule has 3 nitrogen and oxygen atoms in total. The second-order valence-electron chi connectivity index (χ2n) is 5.28. The van der Waals surface area contributed by atoms with Gasteiger partial charge in [-0.05, 0) is 34.1 Å². The molecule has 0 fully saturated rings. The molecule has 1 rings (SSSR count). The Labute approximate surface area is 149 Å². The first kappa shape index (κ1) is 20.7. The lowest BCUT2D eigenvalue weighted by Crippen LogP contribution is -2.48. The summed E-state index contributed by atoms with van der Waals surface area (Å²) in [5.41, 5.74) is -0.303. The maximum atomic E-state index is 15.1. The normalized spacial score (nSPS) is 14.2. The van der Waals surface area contributed by atoms with Gasteiger partial charge in [0.05, 0.1) is 19.4 Å². The minimum Gasteiger partial charge on any atom is -0.591 e. The van der Waals surface area contributed by atoms with Gasteiger partial charge >= 0.3 is 0 Å². The molecule has 1 heterocycles. The van der Waals surface area contributed by atoms with Crippen LogP contribution in [0.4, 0.5) is 8.78 Å². The van der Waals surface area contributed by atoms with Crippen LogP contribution in [0.25, 0.3) is 0 Å². The van der Waals surface area contributed by atoms with Crippen LogP contribution in [-0.4, -0.2) is 35.7 Å². The molecule has 0 aliphatic rings. The molecule has 0 radical (unpaired) electrons. The maximum absolute atomic E-state index is 15.1. The van der Waals surface area contributed by atoms with Gasteiger partial charge in [-0.25, -0.2) is 13.8 Å². The zero-order valence-corrected chi connectivity index (χ0v) is 17.4. The van der Waals surface area contributed by atoms with Crippen molar-refractivity contribution in [2.45, 2.75) is 45.8 Å². The van der Waals surface area contributed by atoms with E-state index in [4.69, 9.17) is 0 Å². The number of alkyl halides is 1. The zero-order chi connectivity index (χ0) is 17.6. The van der Waals surface area contributed by atoms with Crippen LogP contribution in [0.2, 0.25) is 18.1 Å². The lowest BCUT2D eigenvalue weighted by Gasteiger charge is -2.29. The van der Waals surface area contributed by atoms with Gasteiger partial charge in [0.1, 0.15) is 28.5 Å². The molecule has 23 heavy (non-hydrogen) atoms. The predicted molar refractivity (Wildman–Crippen MR) is 99.9 cm³/mol. The Morgan fingerprint density at radius 1 is 1.30 bits per heavy atom. The predicted octanol–water partition coefficient (Wildman–Crippen LogP) is 4.14. The van der Waals surface area contributed by atoms with E-state index in [-0.39, 0.29) is 17.2 Å². The van der Waals surface area contributed by atoms with Crippen molar-refractivity contribution in [3.63, 3.8) is 0 Å². The summed E-state index contributed by atoms with van der Waals surface area (Å²) in [4.78, 5) is 4.07. The smallest absolute Gasteiger partial charge is 0.151 e. The molecule has 0 aromatic carbocycles. The van der Waals surface area contributed by atoms with E-state index in [1.54, 1.807) is 13.0 Å². The minimum atomic E-state index is -2.01. The SMILES string of the molecule is CC[S+]([O-])N=C(CF)c1nc(Br)cc([Si](CC)(CC)CC)c1F. The molecule has 1 unspecified atom stereocenters. The fourth-order valence-corrected chi connectivity index (χ4v) is 7.51. The van der Waals surface area contributed by atoms with Gasteiger partial charge in [-0.15, -0.1) is 0 Å². The summed E-state index contributed by atoms with van der Waals surface area (Å²) < 4.78 is 44.3. The molecule has 130 valence electrons. The third-order valence-electron chi connectivity index (χ3n) is 4.39. The van der Waals surface area contributed by atoms with Gasteiger partial charge in [0, 0.05) is 0 Å². The third-order valence-corrected chi connectivity index (χ3v) is 11.3. The Bertz CT molecular complexity index is 562. The van der Waals surface area contributed by atoms with Gasteiger partial charge in [-0.3, -0.25) is 0 Å². The highest BCUT2D eigenvalue weighted by Gasteiger charge is 2.34. The van der Waals surface area contributed by atoms with E-state index in [1.807, 2.05) is 0 Å². The monoisotopic (exact) mass is 424 g/mol. The number of halogens is 3. The molecule has 0 aliphatic heterocycles. The molecule has 0 aliphatic carbocycles. The number of hydrogen-bond acceptors (Lipinski definition) is 3. The Balaban J connectivity index is 3.56. The number of pyridine rings is 1. The Kier molecular flexibility index (Phi) is 8.33. The lowest BCUT2D eigenvalue weighted by atomic mass is 10.2. The summed E-state index contributed by atoms with van der Waals surface area (Å²) in [5, 5.41) is 0.644. The van der Waals surface area contributed by atoms with Crippen molar-refractivity contribution < 1.29 is 13.3 Å². The van der Waals surface area contributed by atoms with Crippen molar-refractivity contribution in [1.29, 1.82) is 0 Å². The van der Waals surface area contributed by atoms with E-state index in [1.165, 1.54) is 0 Å². The van der Waals surface area contributed by atoms with Gasteiger partial charge in [0.2, 0.25) is 0 Å². The highest BCUT2D eigenvalue weighted by molar-refractivity contribution is 9.10. The average molecular weight is 425 g/mol. The molecular weight excluding hydrogens is 402 g/mol. The van der Waals surface area contributed by atoms with Crippen LogP contribution < -0.4 is 5.19 Å². The van der Waals surface area contributed by atoms with Crippen LogP contribution in [0.3, 0.4) is 0 Å². The highest BCUT2D eigenvalue weighted by atomic mass is 79.9. The van der Waals surface area contributed by atoms with E-state index in [0.29, 0.717) is 9.79 Å². The van der Waals surface area contributed by atoms with E-state index in [9.17, 15) is 8.94 Å². The topological polar surface area (TPSA) is 48.3 Å². The quantitative estimate of drug-likeness (QED) is 0.272. The maximum Gasteiger partial charge on any atom is 0.151 e. The molecule has 0 bridgehead atoms. The van der Waals surface area contributed by atoms with Crippen LogP contribution in [-0.2, 0) is 11.4 Å².